The van der Waals surface area contributed by atoms with E-state index < -0.39 is 10.2 Å². The Balaban J connectivity index is 1.93. The van der Waals surface area contributed by atoms with Crippen LogP contribution in [0.4, 0.5) is 0 Å². The summed E-state index contributed by atoms with van der Waals surface area (Å²) < 4.78 is 28.2. The Morgan fingerprint density at radius 2 is 1.85 bits per heavy atom. The first-order chi connectivity index (χ1) is 9.53. The van der Waals surface area contributed by atoms with Gasteiger partial charge in [-0.05, 0) is 42.9 Å². The summed E-state index contributed by atoms with van der Waals surface area (Å²) in [6.45, 7) is 3.52. The third kappa shape index (κ3) is 3.71. The topological polar surface area (TPSA) is 69.6 Å². The Labute approximate surface area is 120 Å². The van der Waals surface area contributed by atoms with Gasteiger partial charge in [0.1, 0.15) is 5.75 Å². The highest BCUT2D eigenvalue weighted by atomic mass is 32.2. The SMILES string of the molecule is CCCNS(=O)(=O)N1CCC(c2ccc(O)cc2)CC1. The molecule has 0 saturated carbocycles. The molecule has 0 aromatic heterocycles. The minimum absolute atomic E-state index is 0.262. The van der Waals surface area contributed by atoms with Gasteiger partial charge in [-0.15, -0.1) is 0 Å². The van der Waals surface area contributed by atoms with Crippen LogP contribution in [0, 0.1) is 0 Å². The summed E-state index contributed by atoms with van der Waals surface area (Å²) in [4.78, 5) is 0. The molecule has 1 aromatic carbocycles. The van der Waals surface area contributed by atoms with Gasteiger partial charge in [-0.1, -0.05) is 19.1 Å². The molecular weight excluding hydrogens is 276 g/mol. The van der Waals surface area contributed by atoms with E-state index in [4.69, 9.17) is 0 Å². The van der Waals surface area contributed by atoms with E-state index in [1.54, 1.807) is 12.1 Å². The van der Waals surface area contributed by atoms with E-state index in [1.807, 2.05) is 19.1 Å². The molecule has 1 aliphatic heterocycles. The molecular formula is C14H22N2O3S. The van der Waals surface area contributed by atoms with Gasteiger partial charge in [0.2, 0.25) is 0 Å². The molecule has 0 unspecified atom stereocenters. The lowest BCUT2D eigenvalue weighted by atomic mass is 9.90. The van der Waals surface area contributed by atoms with Gasteiger partial charge in [0, 0.05) is 19.6 Å². The second-order valence-corrected chi connectivity index (χ2v) is 6.92. The van der Waals surface area contributed by atoms with Crippen LogP contribution in [0.3, 0.4) is 0 Å². The highest BCUT2D eigenvalue weighted by Gasteiger charge is 2.28. The fourth-order valence-electron chi connectivity index (χ4n) is 2.50. The van der Waals surface area contributed by atoms with Crippen LogP contribution in [0.25, 0.3) is 0 Å². The summed E-state index contributed by atoms with van der Waals surface area (Å²) in [5, 5.41) is 9.29. The third-order valence-electron chi connectivity index (χ3n) is 3.69. The molecule has 2 N–H and O–H groups in total. The fourth-order valence-corrected chi connectivity index (χ4v) is 3.83. The first kappa shape index (κ1) is 15.3. The number of rotatable bonds is 5. The van der Waals surface area contributed by atoms with E-state index in [0.717, 1.165) is 19.3 Å². The van der Waals surface area contributed by atoms with Crippen LogP contribution < -0.4 is 4.72 Å². The molecule has 1 aliphatic rings. The maximum Gasteiger partial charge on any atom is 0.279 e. The molecule has 0 bridgehead atoms. The second-order valence-electron chi connectivity index (χ2n) is 5.16. The molecule has 0 aliphatic carbocycles. The number of hydrogen-bond acceptors (Lipinski definition) is 3. The van der Waals surface area contributed by atoms with Crippen LogP contribution in [0.15, 0.2) is 24.3 Å². The van der Waals surface area contributed by atoms with Crippen molar-refractivity contribution in [3.8, 4) is 5.75 Å². The number of nitrogens with zero attached hydrogens (tertiary/aromatic N) is 1. The molecule has 1 fully saturated rings. The lowest BCUT2D eigenvalue weighted by molar-refractivity contribution is 0.315. The number of piperidine rings is 1. The van der Waals surface area contributed by atoms with Crippen molar-refractivity contribution in [3.63, 3.8) is 0 Å². The van der Waals surface area contributed by atoms with Crippen molar-refractivity contribution in [1.29, 1.82) is 0 Å². The largest absolute Gasteiger partial charge is 0.508 e. The smallest absolute Gasteiger partial charge is 0.279 e. The summed E-state index contributed by atoms with van der Waals surface area (Å²) in [7, 11) is -3.31. The first-order valence-electron chi connectivity index (χ1n) is 7.06. The highest BCUT2D eigenvalue weighted by Crippen LogP contribution is 2.29. The second kappa shape index (κ2) is 6.56. The molecule has 6 heteroatoms. The van der Waals surface area contributed by atoms with Crippen molar-refractivity contribution in [1.82, 2.24) is 9.03 Å². The molecule has 20 heavy (non-hydrogen) atoms. The third-order valence-corrected chi connectivity index (χ3v) is 5.31. The fraction of sp³-hybridized carbons (Fsp3) is 0.571. The van der Waals surface area contributed by atoms with Crippen molar-refractivity contribution in [2.24, 2.45) is 0 Å². The Kier molecular flexibility index (Phi) is 5.01. The lowest BCUT2D eigenvalue weighted by Crippen LogP contribution is -2.44. The van der Waals surface area contributed by atoms with Crippen molar-refractivity contribution >= 4 is 10.2 Å². The highest BCUT2D eigenvalue weighted by molar-refractivity contribution is 7.87. The van der Waals surface area contributed by atoms with Gasteiger partial charge in [-0.25, -0.2) is 4.72 Å². The van der Waals surface area contributed by atoms with Crippen LogP contribution in [0.5, 0.6) is 5.75 Å². The van der Waals surface area contributed by atoms with Crippen molar-refractivity contribution in [2.75, 3.05) is 19.6 Å². The molecule has 1 heterocycles. The predicted molar refractivity (Wildman–Crippen MR) is 78.9 cm³/mol. The molecule has 2 rings (SSSR count). The van der Waals surface area contributed by atoms with Crippen LogP contribution >= 0.6 is 0 Å². The van der Waals surface area contributed by atoms with Gasteiger partial charge < -0.3 is 5.11 Å². The number of aromatic hydroxyl groups is 1. The maximum absolute atomic E-state index is 12.0. The maximum atomic E-state index is 12.0. The van der Waals surface area contributed by atoms with Gasteiger partial charge in [0.25, 0.3) is 10.2 Å². The van der Waals surface area contributed by atoms with Gasteiger partial charge in [0.15, 0.2) is 0 Å². The number of nitrogens with one attached hydrogen (secondary N) is 1. The molecule has 1 aromatic rings. The van der Waals surface area contributed by atoms with E-state index in [0.29, 0.717) is 25.6 Å². The molecule has 0 radical (unpaired) electrons. The average molecular weight is 298 g/mol. The molecule has 112 valence electrons. The minimum atomic E-state index is -3.31. The van der Waals surface area contributed by atoms with Gasteiger partial charge in [0.05, 0.1) is 0 Å². The molecule has 5 nitrogen and oxygen atoms in total. The Bertz CT molecular complexity index is 520. The zero-order chi connectivity index (χ0) is 14.6. The van der Waals surface area contributed by atoms with Gasteiger partial charge >= 0.3 is 0 Å². The van der Waals surface area contributed by atoms with Crippen molar-refractivity contribution < 1.29 is 13.5 Å². The number of hydrogen-bond donors (Lipinski definition) is 2. The summed E-state index contributed by atoms with van der Waals surface area (Å²) in [5.41, 5.74) is 1.17. The lowest BCUT2D eigenvalue weighted by Gasteiger charge is -2.31. The van der Waals surface area contributed by atoms with E-state index in [2.05, 4.69) is 4.72 Å². The summed E-state index contributed by atoms with van der Waals surface area (Å²) in [5.74, 6) is 0.630. The van der Waals surface area contributed by atoms with Gasteiger partial charge in [-0.3, -0.25) is 0 Å². The van der Waals surface area contributed by atoms with E-state index in [9.17, 15) is 13.5 Å². The molecule has 0 atom stereocenters. The Morgan fingerprint density at radius 1 is 1.25 bits per heavy atom. The van der Waals surface area contributed by atoms with Crippen LogP contribution in [-0.2, 0) is 10.2 Å². The first-order valence-corrected chi connectivity index (χ1v) is 8.50. The summed E-state index contributed by atoms with van der Waals surface area (Å²) in [6.07, 6.45) is 2.43. The van der Waals surface area contributed by atoms with Gasteiger partial charge in [-0.2, -0.15) is 12.7 Å². The Hall–Kier alpha value is -1.11. The monoisotopic (exact) mass is 298 g/mol. The summed E-state index contributed by atoms with van der Waals surface area (Å²) >= 11 is 0. The number of phenolic OH excluding ortho intramolecular Hbond substituents is 1. The molecule has 0 spiro atoms. The minimum Gasteiger partial charge on any atom is -0.508 e. The number of phenols is 1. The van der Waals surface area contributed by atoms with Crippen LogP contribution in [0.2, 0.25) is 0 Å². The predicted octanol–water partition coefficient (Wildman–Crippen LogP) is 1.82. The van der Waals surface area contributed by atoms with Crippen LogP contribution in [0.1, 0.15) is 37.7 Å². The zero-order valence-corrected chi connectivity index (χ0v) is 12.6. The average Bonchev–Trinajstić information content (AvgIpc) is 2.46. The van der Waals surface area contributed by atoms with E-state index >= 15 is 0 Å². The standard InChI is InChI=1S/C14H22N2O3S/c1-2-9-15-20(18,19)16-10-7-13(8-11-16)12-3-5-14(17)6-4-12/h3-6,13,15,17H,2,7-11H2,1H3. The summed E-state index contributed by atoms with van der Waals surface area (Å²) in [6, 6.07) is 7.20. The zero-order valence-electron chi connectivity index (χ0n) is 11.7. The van der Waals surface area contributed by atoms with E-state index in [-0.39, 0.29) is 5.75 Å². The molecule has 1 saturated heterocycles. The normalized spacial score (nSPS) is 18.2. The van der Waals surface area contributed by atoms with Crippen molar-refractivity contribution in [2.45, 2.75) is 32.1 Å². The Morgan fingerprint density at radius 3 is 2.40 bits per heavy atom. The quantitative estimate of drug-likeness (QED) is 0.871. The van der Waals surface area contributed by atoms with E-state index in [1.165, 1.54) is 9.87 Å². The van der Waals surface area contributed by atoms with Crippen molar-refractivity contribution in [3.05, 3.63) is 29.8 Å². The number of benzene rings is 1. The molecule has 0 amide bonds. The van der Waals surface area contributed by atoms with Crippen LogP contribution in [-0.4, -0.2) is 37.5 Å².